The van der Waals surface area contributed by atoms with Gasteiger partial charge in [0, 0.05) is 0 Å². The number of rotatable bonds is 6. The van der Waals surface area contributed by atoms with Gasteiger partial charge in [-0.15, -0.1) is 0 Å². The van der Waals surface area contributed by atoms with Crippen LogP contribution in [0.2, 0.25) is 0 Å². The van der Waals surface area contributed by atoms with Crippen LogP contribution in [-0.2, 0) is 0 Å². The van der Waals surface area contributed by atoms with Crippen LogP contribution < -0.4 is 9.47 Å². The zero-order chi connectivity index (χ0) is 17.8. The number of aromatic carboxylic acids is 1. The summed E-state index contributed by atoms with van der Waals surface area (Å²) >= 11 is 0. The Morgan fingerprint density at radius 2 is 1.56 bits per heavy atom. The molecule has 0 saturated carbocycles. The lowest BCUT2D eigenvalue weighted by Gasteiger charge is -2.10. The standard InChI is InChI=1S/C16H15N3O4P2/c20-15(21)13-14(18-19-17-13)22-11-5-1-9(2-6-11)10-3-7-12(8-4-10)23-16(24)25/h1-8,16H,24-25H2,(H,20,21)(H,17,18,19). The Labute approximate surface area is 148 Å². The second-order valence-corrected chi connectivity index (χ2v) is 7.11. The van der Waals surface area contributed by atoms with Gasteiger partial charge in [-0.05, 0) is 35.4 Å². The van der Waals surface area contributed by atoms with Gasteiger partial charge >= 0.3 is 5.97 Å². The first kappa shape index (κ1) is 17.3. The van der Waals surface area contributed by atoms with Gasteiger partial charge in [0.2, 0.25) is 5.69 Å². The summed E-state index contributed by atoms with van der Waals surface area (Å²) in [4.78, 5) is 11.0. The molecule has 1 heterocycles. The number of H-pyrrole nitrogens is 1. The lowest BCUT2D eigenvalue weighted by atomic mass is 10.1. The Kier molecular flexibility index (Phi) is 5.27. The predicted octanol–water partition coefficient (Wildman–Crippen LogP) is 3.37. The molecule has 9 heteroatoms. The van der Waals surface area contributed by atoms with Crippen molar-refractivity contribution in [2.45, 2.75) is 5.59 Å². The maximum absolute atomic E-state index is 11.0. The minimum atomic E-state index is -1.18. The van der Waals surface area contributed by atoms with Gasteiger partial charge in [0.25, 0.3) is 5.88 Å². The summed E-state index contributed by atoms with van der Waals surface area (Å²) in [6, 6.07) is 14.9. The Balaban J connectivity index is 1.73. The van der Waals surface area contributed by atoms with Crippen molar-refractivity contribution < 1.29 is 19.4 Å². The van der Waals surface area contributed by atoms with Crippen molar-refractivity contribution in [2.75, 3.05) is 0 Å². The minimum Gasteiger partial charge on any atom is -0.483 e. The van der Waals surface area contributed by atoms with E-state index in [-0.39, 0.29) is 17.2 Å². The molecule has 0 saturated heterocycles. The summed E-state index contributed by atoms with van der Waals surface area (Å²) in [5.74, 6) is -0.0109. The fourth-order valence-electron chi connectivity index (χ4n) is 2.14. The topological polar surface area (TPSA) is 97.3 Å². The number of aromatic nitrogens is 3. The van der Waals surface area contributed by atoms with E-state index in [1.807, 2.05) is 36.4 Å². The third kappa shape index (κ3) is 4.32. The van der Waals surface area contributed by atoms with Crippen LogP contribution in [0.25, 0.3) is 11.1 Å². The minimum absolute atomic E-state index is 0.0329. The average Bonchev–Trinajstić information content (AvgIpc) is 3.04. The molecule has 2 atom stereocenters. The van der Waals surface area contributed by atoms with Gasteiger partial charge in [-0.25, -0.2) is 9.89 Å². The van der Waals surface area contributed by atoms with Crippen molar-refractivity contribution >= 4 is 24.4 Å². The number of carboxylic acids is 1. The number of nitrogens with one attached hydrogen (secondary N) is 1. The average molecular weight is 375 g/mol. The van der Waals surface area contributed by atoms with Crippen molar-refractivity contribution in [3.05, 3.63) is 54.2 Å². The third-order valence-corrected chi connectivity index (χ3v) is 3.53. The highest BCUT2D eigenvalue weighted by molar-refractivity contribution is 7.37. The van der Waals surface area contributed by atoms with E-state index in [4.69, 9.17) is 14.6 Å². The highest BCUT2D eigenvalue weighted by atomic mass is 31.1. The summed E-state index contributed by atoms with van der Waals surface area (Å²) in [5.41, 5.74) is 1.79. The molecule has 0 aliphatic carbocycles. The number of aromatic amines is 1. The zero-order valence-corrected chi connectivity index (χ0v) is 15.2. The van der Waals surface area contributed by atoms with Crippen LogP contribution in [0, 0.1) is 0 Å². The molecular weight excluding hydrogens is 360 g/mol. The first-order valence-corrected chi connectivity index (χ1v) is 8.57. The lowest BCUT2D eigenvalue weighted by Crippen LogP contribution is -1.99. The van der Waals surface area contributed by atoms with E-state index in [9.17, 15) is 4.79 Å². The molecule has 1 aromatic heterocycles. The number of carbonyl (C=O) groups is 1. The normalized spacial score (nSPS) is 10.7. The number of ether oxygens (including phenoxy) is 2. The Morgan fingerprint density at radius 1 is 1.00 bits per heavy atom. The molecule has 7 nitrogen and oxygen atoms in total. The summed E-state index contributed by atoms with van der Waals surface area (Å²) in [6.45, 7) is 0. The van der Waals surface area contributed by atoms with E-state index in [2.05, 4.69) is 33.9 Å². The number of carboxylic acid groups (broad SMARTS) is 1. The molecule has 128 valence electrons. The van der Waals surface area contributed by atoms with Crippen LogP contribution in [-0.4, -0.2) is 32.1 Å². The van der Waals surface area contributed by atoms with E-state index in [0.717, 1.165) is 16.9 Å². The number of benzene rings is 2. The van der Waals surface area contributed by atoms with Crippen LogP contribution in [0.3, 0.4) is 0 Å². The molecule has 0 spiro atoms. The predicted molar refractivity (Wildman–Crippen MR) is 99.1 cm³/mol. The fraction of sp³-hybridized carbons (Fsp3) is 0.0625. The van der Waals surface area contributed by atoms with Crippen LogP contribution in [0.4, 0.5) is 0 Å². The summed E-state index contributed by atoms with van der Waals surface area (Å²) in [6.07, 6.45) is 0. The monoisotopic (exact) mass is 375 g/mol. The maximum Gasteiger partial charge on any atom is 0.359 e. The van der Waals surface area contributed by atoms with E-state index in [1.165, 1.54) is 0 Å². The van der Waals surface area contributed by atoms with E-state index < -0.39 is 5.97 Å². The van der Waals surface area contributed by atoms with Crippen LogP contribution >= 0.6 is 18.5 Å². The SMILES string of the molecule is O=C(O)c1[nH]nnc1Oc1ccc(-c2ccc(OC(P)P)cc2)cc1. The van der Waals surface area contributed by atoms with Crippen molar-refractivity contribution in [3.63, 3.8) is 0 Å². The van der Waals surface area contributed by atoms with Crippen molar-refractivity contribution in [3.8, 4) is 28.5 Å². The molecule has 2 N–H and O–H groups in total. The van der Waals surface area contributed by atoms with Crippen molar-refractivity contribution in [2.24, 2.45) is 0 Å². The van der Waals surface area contributed by atoms with Crippen LogP contribution in [0.15, 0.2) is 48.5 Å². The molecule has 0 radical (unpaired) electrons. The Hall–Kier alpha value is -2.49. The molecule has 0 bridgehead atoms. The van der Waals surface area contributed by atoms with E-state index >= 15 is 0 Å². The Bertz CT molecular complexity index is 864. The second-order valence-electron chi connectivity index (χ2n) is 5.03. The number of nitrogens with zero attached hydrogens (tertiary/aromatic N) is 2. The molecule has 0 fully saturated rings. The van der Waals surface area contributed by atoms with Gasteiger partial charge in [0.05, 0.1) is 0 Å². The molecule has 2 unspecified atom stereocenters. The molecule has 0 amide bonds. The van der Waals surface area contributed by atoms with Gasteiger partial charge in [0.1, 0.15) is 17.1 Å². The largest absolute Gasteiger partial charge is 0.483 e. The first-order chi connectivity index (χ1) is 12.0. The van der Waals surface area contributed by atoms with Crippen molar-refractivity contribution in [1.29, 1.82) is 0 Å². The summed E-state index contributed by atoms with van der Waals surface area (Å²) in [7, 11) is 5.10. The van der Waals surface area contributed by atoms with Gasteiger partial charge in [-0.3, -0.25) is 0 Å². The molecule has 0 aliphatic heterocycles. The zero-order valence-electron chi connectivity index (χ0n) is 12.9. The third-order valence-electron chi connectivity index (χ3n) is 3.26. The molecule has 3 rings (SSSR count). The molecule has 2 aromatic carbocycles. The molecule has 25 heavy (non-hydrogen) atoms. The number of hydrogen-bond acceptors (Lipinski definition) is 5. The number of hydrogen-bond donors (Lipinski definition) is 2. The highest BCUT2D eigenvalue weighted by Gasteiger charge is 2.16. The Morgan fingerprint density at radius 3 is 2.08 bits per heavy atom. The maximum atomic E-state index is 11.0. The second kappa shape index (κ2) is 7.60. The summed E-state index contributed by atoms with van der Waals surface area (Å²) < 4.78 is 11.0. The summed E-state index contributed by atoms with van der Waals surface area (Å²) in [5, 5.41) is 18.3. The van der Waals surface area contributed by atoms with Crippen LogP contribution in [0.5, 0.6) is 17.4 Å². The van der Waals surface area contributed by atoms with E-state index in [1.54, 1.807) is 12.1 Å². The van der Waals surface area contributed by atoms with Gasteiger partial charge < -0.3 is 14.6 Å². The quantitative estimate of drug-likeness (QED) is 0.641. The van der Waals surface area contributed by atoms with E-state index in [0.29, 0.717) is 5.75 Å². The van der Waals surface area contributed by atoms with Gasteiger partial charge in [-0.2, -0.15) is 0 Å². The smallest absolute Gasteiger partial charge is 0.359 e. The molecule has 3 aromatic rings. The fourth-order valence-corrected chi connectivity index (χ4v) is 2.45. The van der Waals surface area contributed by atoms with Gasteiger partial charge in [0.15, 0.2) is 0 Å². The molecule has 0 aliphatic rings. The molecular formula is C16H15N3O4P2. The van der Waals surface area contributed by atoms with Gasteiger partial charge in [-0.1, -0.05) is 53.1 Å². The van der Waals surface area contributed by atoms with Crippen molar-refractivity contribution in [1.82, 2.24) is 15.4 Å². The lowest BCUT2D eigenvalue weighted by molar-refractivity contribution is 0.0687. The highest BCUT2D eigenvalue weighted by Crippen LogP contribution is 2.28. The first-order valence-electron chi connectivity index (χ1n) is 7.23. The van der Waals surface area contributed by atoms with Crippen LogP contribution in [0.1, 0.15) is 10.5 Å².